The molecule has 1 fully saturated rings. The topological polar surface area (TPSA) is 67.4 Å². The van der Waals surface area contributed by atoms with Crippen molar-refractivity contribution in [1.82, 2.24) is 20.2 Å². The van der Waals surface area contributed by atoms with Gasteiger partial charge < -0.3 is 10.1 Å². The number of ether oxygens (including phenoxy) is 1. The largest absolute Gasteiger partial charge is 0.444 e. The quantitative estimate of drug-likeness (QED) is 0.833. The summed E-state index contributed by atoms with van der Waals surface area (Å²) in [6, 6.07) is 0.319. The first-order valence-corrected chi connectivity index (χ1v) is 9.16. The summed E-state index contributed by atoms with van der Waals surface area (Å²) in [6.07, 6.45) is 7.33. The lowest BCUT2D eigenvalue weighted by molar-refractivity contribution is 0.0512. The molecule has 0 saturated carbocycles. The van der Waals surface area contributed by atoms with Gasteiger partial charge in [0.2, 0.25) is 0 Å². The van der Waals surface area contributed by atoms with Crippen molar-refractivity contribution in [3.8, 4) is 0 Å². The Kier molecular flexibility index (Phi) is 6.24. The molecule has 23 heavy (non-hydrogen) atoms. The van der Waals surface area contributed by atoms with Crippen LogP contribution >= 0.6 is 11.8 Å². The fourth-order valence-electron chi connectivity index (χ4n) is 2.68. The van der Waals surface area contributed by atoms with Gasteiger partial charge >= 0.3 is 6.09 Å². The molecule has 1 aliphatic rings. The third-order valence-corrected chi connectivity index (χ3v) is 4.39. The summed E-state index contributed by atoms with van der Waals surface area (Å²) in [6.45, 7) is 7.99. The van der Waals surface area contributed by atoms with Gasteiger partial charge in [-0.1, -0.05) is 0 Å². The smallest absolute Gasteiger partial charge is 0.407 e. The zero-order chi connectivity index (χ0) is 16.9. The summed E-state index contributed by atoms with van der Waals surface area (Å²) in [5.74, 6) is 0. The zero-order valence-electron chi connectivity index (χ0n) is 14.3. The van der Waals surface area contributed by atoms with Crippen molar-refractivity contribution in [3.63, 3.8) is 0 Å². The van der Waals surface area contributed by atoms with Crippen molar-refractivity contribution in [2.45, 2.75) is 56.8 Å². The predicted octanol–water partition coefficient (Wildman–Crippen LogP) is 2.69. The minimum Gasteiger partial charge on any atom is -0.444 e. The maximum Gasteiger partial charge on any atom is 0.407 e. The minimum absolute atomic E-state index is 0.319. The van der Waals surface area contributed by atoms with Gasteiger partial charge in [-0.2, -0.15) is 0 Å². The van der Waals surface area contributed by atoms with Crippen molar-refractivity contribution in [1.29, 1.82) is 0 Å². The van der Waals surface area contributed by atoms with Crippen LogP contribution in [-0.4, -0.2) is 51.9 Å². The Morgan fingerprint density at radius 1 is 1.43 bits per heavy atom. The number of amides is 1. The van der Waals surface area contributed by atoms with Gasteiger partial charge in [0.25, 0.3) is 0 Å². The van der Waals surface area contributed by atoms with Crippen molar-refractivity contribution < 1.29 is 9.53 Å². The normalized spacial score (nSPS) is 18.9. The second kappa shape index (κ2) is 7.97. The van der Waals surface area contributed by atoms with E-state index in [0.29, 0.717) is 12.6 Å². The molecule has 0 radical (unpaired) electrons. The first kappa shape index (κ1) is 18.0. The molecule has 2 rings (SSSR count). The molecule has 7 heteroatoms. The number of nitrogens with one attached hydrogen (secondary N) is 1. The molecule has 1 N–H and O–H groups in total. The van der Waals surface area contributed by atoms with Crippen molar-refractivity contribution >= 4 is 17.9 Å². The first-order valence-electron chi connectivity index (χ1n) is 7.94. The van der Waals surface area contributed by atoms with Gasteiger partial charge in [-0.15, -0.1) is 11.8 Å². The van der Waals surface area contributed by atoms with Crippen molar-refractivity contribution in [2.75, 3.05) is 19.3 Å². The molecule has 0 aromatic carbocycles. The van der Waals surface area contributed by atoms with E-state index < -0.39 is 5.60 Å². The Morgan fingerprint density at radius 2 is 2.17 bits per heavy atom. The third kappa shape index (κ3) is 5.66. The SMILES string of the molecule is CSc1nccnc1CN1CCCC1CNC(=O)OC(C)(C)C. The molecule has 0 aliphatic carbocycles. The Hall–Kier alpha value is -1.34. The van der Waals surface area contributed by atoms with Crippen LogP contribution in [-0.2, 0) is 11.3 Å². The van der Waals surface area contributed by atoms with Gasteiger partial charge in [-0.3, -0.25) is 9.88 Å². The summed E-state index contributed by atoms with van der Waals surface area (Å²) in [5.41, 5.74) is 0.538. The van der Waals surface area contributed by atoms with Gasteiger partial charge in [-0.25, -0.2) is 9.78 Å². The molecule has 6 nitrogen and oxygen atoms in total. The van der Waals surface area contributed by atoms with Gasteiger partial charge in [0.1, 0.15) is 10.6 Å². The van der Waals surface area contributed by atoms with Crippen LogP contribution in [0.3, 0.4) is 0 Å². The maximum atomic E-state index is 11.8. The average Bonchev–Trinajstić information content (AvgIpc) is 2.91. The summed E-state index contributed by atoms with van der Waals surface area (Å²) in [7, 11) is 0. The first-order chi connectivity index (χ1) is 10.9. The summed E-state index contributed by atoms with van der Waals surface area (Å²) in [5, 5.41) is 3.85. The predicted molar refractivity (Wildman–Crippen MR) is 91.5 cm³/mol. The molecule has 1 atom stereocenters. The van der Waals surface area contributed by atoms with Crippen LogP contribution in [0.15, 0.2) is 17.4 Å². The van der Waals surface area contributed by atoms with Crippen molar-refractivity contribution in [3.05, 3.63) is 18.1 Å². The van der Waals surface area contributed by atoms with Crippen LogP contribution < -0.4 is 5.32 Å². The van der Waals surface area contributed by atoms with Gasteiger partial charge in [-0.05, 0) is 46.4 Å². The second-order valence-electron chi connectivity index (χ2n) is 6.66. The van der Waals surface area contributed by atoms with E-state index in [1.54, 1.807) is 24.2 Å². The van der Waals surface area contributed by atoms with E-state index in [4.69, 9.17) is 4.74 Å². The molecule has 1 aliphatic heterocycles. The van der Waals surface area contributed by atoms with Gasteiger partial charge in [0.05, 0.1) is 5.69 Å². The van der Waals surface area contributed by atoms with E-state index >= 15 is 0 Å². The van der Waals surface area contributed by atoms with Crippen LogP contribution in [0.2, 0.25) is 0 Å². The highest BCUT2D eigenvalue weighted by molar-refractivity contribution is 7.98. The number of rotatable bonds is 5. The number of alkyl carbamates (subject to hydrolysis) is 1. The maximum absolute atomic E-state index is 11.8. The molecular weight excluding hydrogens is 312 g/mol. The molecule has 1 saturated heterocycles. The highest BCUT2D eigenvalue weighted by Crippen LogP contribution is 2.22. The summed E-state index contributed by atoms with van der Waals surface area (Å²) < 4.78 is 5.29. The van der Waals surface area contributed by atoms with E-state index in [1.807, 2.05) is 27.0 Å². The monoisotopic (exact) mass is 338 g/mol. The number of carbonyl (C=O) groups excluding carboxylic acids is 1. The summed E-state index contributed by atoms with van der Waals surface area (Å²) in [4.78, 5) is 23.0. The van der Waals surface area contributed by atoms with E-state index in [1.165, 1.54) is 0 Å². The lowest BCUT2D eigenvalue weighted by atomic mass is 10.2. The van der Waals surface area contributed by atoms with E-state index in [9.17, 15) is 4.79 Å². The van der Waals surface area contributed by atoms with E-state index in [2.05, 4.69) is 20.2 Å². The molecule has 1 unspecified atom stereocenters. The number of hydrogen-bond donors (Lipinski definition) is 1. The Bertz CT molecular complexity index is 533. The second-order valence-corrected chi connectivity index (χ2v) is 7.46. The Morgan fingerprint density at radius 3 is 2.87 bits per heavy atom. The fraction of sp³-hybridized carbons (Fsp3) is 0.688. The zero-order valence-corrected chi connectivity index (χ0v) is 15.2. The number of thioether (sulfide) groups is 1. The molecule has 1 amide bonds. The molecule has 2 heterocycles. The number of carbonyl (C=O) groups is 1. The van der Waals surface area contributed by atoms with Crippen LogP contribution in [0.25, 0.3) is 0 Å². The Labute approximate surface area is 142 Å². The van der Waals surface area contributed by atoms with Crippen LogP contribution in [0, 0.1) is 0 Å². The van der Waals surface area contributed by atoms with E-state index in [-0.39, 0.29) is 6.09 Å². The molecule has 0 spiro atoms. The number of likely N-dealkylation sites (tertiary alicyclic amines) is 1. The molecular formula is C16H26N4O2S. The van der Waals surface area contributed by atoms with Crippen LogP contribution in [0.1, 0.15) is 39.3 Å². The highest BCUT2D eigenvalue weighted by atomic mass is 32.2. The van der Waals surface area contributed by atoms with Gasteiger partial charge in [0, 0.05) is 31.5 Å². The van der Waals surface area contributed by atoms with Gasteiger partial charge in [0.15, 0.2) is 0 Å². The van der Waals surface area contributed by atoms with Crippen LogP contribution in [0.5, 0.6) is 0 Å². The summed E-state index contributed by atoms with van der Waals surface area (Å²) >= 11 is 1.61. The third-order valence-electron chi connectivity index (χ3n) is 3.66. The Balaban J connectivity index is 1.89. The number of hydrogen-bond acceptors (Lipinski definition) is 6. The molecule has 1 aromatic heterocycles. The van der Waals surface area contributed by atoms with Crippen LogP contribution in [0.4, 0.5) is 4.79 Å². The lowest BCUT2D eigenvalue weighted by Crippen LogP contribution is -2.41. The molecule has 1 aromatic rings. The average molecular weight is 338 g/mol. The fourth-order valence-corrected chi connectivity index (χ4v) is 3.19. The standard InChI is InChI=1S/C16H26N4O2S/c1-16(2,3)22-15(21)19-10-12-6-5-9-20(12)11-13-14(23-4)18-8-7-17-13/h7-8,12H,5-6,9-11H2,1-4H3,(H,19,21). The number of nitrogens with zero attached hydrogens (tertiary/aromatic N) is 3. The lowest BCUT2D eigenvalue weighted by Gasteiger charge is -2.26. The number of aromatic nitrogens is 2. The minimum atomic E-state index is -0.466. The molecule has 128 valence electrons. The molecule has 0 bridgehead atoms. The van der Waals surface area contributed by atoms with E-state index in [0.717, 1.165) is 36.7 Å². The highest BCUT2D eigenvalue weighted by Gasteiger charge is 2.27. The van der Waals surface area contributed by atoms with Crippen molar-refractivity contribution in [2.24, 2.45) is 0 Å².